The van der Waals surface area contributed by atoms with Gasteiger partial charge in [0, 0.05) is 4.75 Å². The van der Waals surface area contributed by atoms with Crippen LogP contribution in [0.2, 0.25) is 0 Å². The van der Waals surface area contributed by atoms with E-state index < -0.39 is 16.1 Å². The summed E-state index contributed by atoms with van der Waals surface area (Å²) in [5, 5.41) is 0.515. The van der Waals surface area contributed by atoms with Crippen LogP contribution in [0.15, 0.2) is 27.4 Å². The van der Waals surface area contributed by atoms with Gasteiger partial charge < -0.3 is 13.3 Å². The van der Waals surface area contributed by atoms with Crippen molar-refractivity contribution in [1.82, 2.24) is 4.57 Å². The molecule has 0 saturated carbocycles. The number of hydrogen-bond donors (Lipinski definition) is 0. The van der Waals surface area contributed by atoms with Crippen molar-refractivity contribution in [1.29, 1.82) is 0 Å². The summed E-state index contributed by atoms with van der Waals surface area (Å²) in [7, 11) is 4.38. The molecule has 0 fully saturated rings. The number of ether oxygens (including phenoxy) is 1. The third kappa shape index (κ3) is 2.77. The Kier molecular flexibility index (Phi) is 3.87. The van der Waals surface area contributed by atoms with Crippen LogP contribution in [0.5, 0.6) is 5.75 Å². The fraction of sp³-hybridized carbons (Fsp3) is 0.353. The molecule has 0 amide bonds. The van der Waals surface area contributed by atoms with E-state index in [0.29, 0.717) is 27.7 Å². The van der Waals surface area contributed by atoms with E-state index in [1.54, 1.807) is 18.2 Å². The Balaban J connectivity index is 2.10. The third-order valence-corrected chi connectivity index (χ3v) is 7.79. The van der Waals surface area contributed by atoms with Gasteiger partial charge in [-0.25, -0.2) is 9.36 Å². The fourth-order valence-corrected chi connectivity index (χ4v) is 2.68. The van der Waals surface area contributed by atoms with Gasteiger partial charge in [0.1, 0.15) is 31.5 Å². The van der Waals surface area contributed by atoms with Crippen molar-refractivity contribution in [3.63, 3.8) is 0 Å². The van der Waals surface area contributed by atoms with Crippen LogP contribution in [-0.2, 0) is 4.18 Å². The fourth-order valence-electron chi connectivity index (χ4n) is 2.06. The highest BCUT2D eigenvalue weighted by Gasteiger charge is 2.29. The van der Waals surface area contributed by atoms with Crippen LogP contribution in [0, 0.1) is 0 Å². The molecule has 1 aliphatic rings. The van der Waals surface area contributed by atoms with Crippen LogP contribution in [0.4, 0.5) is 0 Å². The Bertz CT molecular complexity index is 966. The van der Waals surface area contributed by atoms with E-state index in [-0.39, 0.29) is 4.75 Å². The molecule has 0 spiro atoms. The molecule has 0 bridgehead atoms. The summed E-state index contributed by atoms with van der Waals surface area (Å²) in [6, 6.07) is 5.11. The molecule has 7 heteroatoms. The highest BCUT2D eigenvalue weighted by Crippen LogP contribution is 2.53. The van der Waals surface area contributed by atoms with Gasteiger partial charge in [-0.1, -0.05) is 21.8 Å². The van der Waals surface area contributed by atoms with Crippen LogP contribution in [0.3, 0.4) is 0 Å². The average Bonchev–Trinajstić information content (AvgIpc) is 2.80. The quantitative estimate of drug-likeness (QED) is 0.759. The molecule has 5 nitrogen and oxygen atoms in total. The average molecular weight is 345 g/mol. The molecule has 0 N–H and O–H groups in total. The number of rotatable bonds is 2. The number of aromatic nitrogens is 1. The number of hydrogen-bond acceptors (Lipinski definition) is 4. The summed E-state index contributed by atoms with van der Waals surface area (Å²) in [6.07, 6.45) is 7.13. The second-order valence-corrected chi connectivity index (χ2v) is 10.9. The van der Waals surface area contributed by atoms with Crippen molar-refractivity contribution in [3.8, 4) is 11.4 Å². The Morgan fingerprint density at radius 1 is 1.29 bits per heavy atom. The van der Waals surface area contributed by atoms with Crippen LogP contribution in [0.25, 0.3) is 18.2 Å². The second-order valence-electron chi connectivity index (χ2n) is 6.98. The molecule has 0 aliphatic carbocycles. The maximum atomic E-state index is 12.3. The zero-order valence-electron chi connectivity index (χ0n) is 14.5. The molecule has 1 aromatic heterocycles. The first-order chi connectivity index (χ1) is 11.1. The van der Waals surface area contributed by atoms with Crippen molar-refractivity contribution in [2.75, 3.05) is 12.5 Å². The SMILES string of the molecule is [B]c1ccc2c(c1)OC=c1/c(=C/OS(C)(C)C(C)(C)C)oc(=O)n1-2. The van der Waals surface area contributed by atoms with Crippen LogP contribution in [-0.4, -0.2) is 29.7 Å². The summed E-state index contributed by atoms with van der Waals surface area (Å²) < 4.78 is 18.4. The Morgan fingerprint density at radius 3 is 2.67 bits per heavy atom. The Hall–Kier alpha value is -2.02. The molecule has 0 saturated heterocycles. The van der Waals surface area contributed by atoms with Gasteiger partial charge in [-0.2, -0.15) is 0 Å². The Morgan fingerprint density at radius 2 is 2.00 bits per heavy atom. The van der Waals surface area contributed by atoms with Gasteiger partial charge in [-0.3, -0.25) is 0 Å². The molecule has 2 heterocycles. The molecule has 3 rings (SSSR count). The van der Waals surface area contributed by atoms with Gasteiger partial charge in [0.25, 0.3) is 0 Å². The normalized spacial score (nSPS) is 15.1. The Labute approximate surface area is 143 Å². The number of benzene rings is 1. The molecular weight excluding hydrogens is 325 g/mol. The lowest BCUT2D eigenvalue weighted by Gasteiger charge is -2.42. The second kappa shape index (κ2) is 5.51. The van der Waals surface area contributed by atoms with E-state index in [0.717, 1.165) is 0 Å². The van der Waals surface area contributed by atoms with E-state index in [4.69, 9.17) is 21.2 Å². The van der Waals surface area contributed by atoms with Crippen molar-refractivity contribution >= 4 is 36.1 Å². The van der Waals surface area contributed by atoms with E-state index >= 15 is 0 Å². The zero-order valence-corrected chi connectivity index (χ0v) is 15.3. The smallest absolute Gasteiger partial charge is 0.424 e. The molecule has 24 heavy (non-hydrogen) atoms. The van der Waals surface area contributed by atoms with E-state index in [1.807, 2.05) is 0 Å². The lowest BCUT2D eigenvalue weighted by atomic mass is 9.95. The van der Waals surface area contributed by atoms with Gasteiger partial charge in [-0.05, 0) is 45.4 Å². The molecular formula is C17H20BNO4S. The molecule has 1 aromatic carbocycles. The van der Waals surface area contributed by atoms with Crippen molar-refractivity contribution in [2.45, 2.75) is 25.5 Å². The molecule has 1 aliphatic heterocycles. The lowest BCUT2D eigenvalue weighted by Crippen LogP contribution is -2.35. The van der Waals surface area contributed by atoms with Crippen molar-refractivity contribution in [2.24, 2.45) is 0 Å². The number of oxazole rings is 1. The minimum atomic E-state index is -1.38. The topological polar surface area (TPSA) is 53.6 Å². The first kappa shape index (κ1) is 16.8. The maximum Gasteiger partial charge on any atom is 0.424 e. The number of fused-ring (bicyclic) bond motifs is 3. The standard InChI is InChI=1S/C17H20BNO4S/c1-17(2,3)24(4,5)22-10-15-13-9-21-14-8-11(18)6-7-12(14)19(13)16(20)23-15/h6-10H,1-5H3/b15-10-. The highest BCUT2D eigenvalue weighted by molar-refractivity contribution is 8.29. The highest BCUT2D eigenvalue weighted by atomic mass is 32.3. The molecule has 2 aromatic rings. The summed E-state index contributed by atoms with van der Waals surface area (Å²) >= 11 is 0. The predicted octanol–water partition coefficient (Wildman–Crippen LogP) is 0.887. The van der Waals surface area contributed by atoms with Gasteiger partial charge in [0.05, 0.1) is 5.69 Å². The molecule has 126 valence electrons. The van der Waals surface area contributed by atoms with Crippen LogP contribution >= 0.6 is 10.3 Å². The summed E-state index contributed by atoms with van der Waals surface area (Å²) in [4.78, 5) is 12.3. The van der Waals surface area contributed by atoms with Crippen LogP contribution < -0.4 is 26.7 Å². The predicted molar refractivity (Wildman–Crippen MR) is 98.8 cm³/mol. The molecule has 0 unspecified atom stereocenters. The van der Waals surface area contributed by atoms with Gasteiger partial charge >= 0.3 is 5.76 Å². The maximum absolute atomic E-state index is 12.3. The van der Waals surface area contributed by atoms with Crippen LogP contribution in [0.1, 0.15) is 20.8 Å². The van der Waals surface area contributed by atoms with Gasteiger partial charge in [0.2, 0.25) is 0 Å². The van der Waals surface area contributed by atoms with E-state index in [1.165, 1.54) is 17.1 Å². The van der Waals surface area contributed by atoms with E-state index in [9.17, 15) is 4.79 Å². The largest absolute Gasteiger partial charge is 0.460 e. The minimum Gasteiger partial charge on any atom is -0.460 e. The summed E-state index contributed by atoms with van der Waals surface area (Å²) in [5.41, 5.74) is 1.50. The van der Waals surface area contributed by atoms with Crippen molar-refractivity contribution in [3.05, 3.63) is 39.5 Å². The van der Waals surface area contributed by atoms with Gasteiger partial charge in [0.15, 0.2) is 5.42 Å². The molecule has 0 atom stereocenters. The third-order valence-electron chi connectivity index (χ3n) is 4.27. The minimum absolute atomic E-state index is 0.00602. The first-order valence-electron chi connectivity index (χ1n) is 7.50. The van der Waals surface area contributed by atoms with Crippen molar-refractivity contribution < 1.29 is 13.3 Å². The first-order valence-corrected chi connectivity index (χ1v) is 9.87. The van der Waals surface area contributed by atoms with E-state index in [2.05, 4.69) is 33.3 Å². The van der Waals surface area contributed by atoms with Gasteiger partial charge in [-0.15, -0.1) is 0 Å². The summed E-state index contributed by atoms with van der Waals surface area (Å²) in [5.74, 6) is 0.0208. The zero-order chi connectivity index (χ0) is 17.7. The lowest BCUT2D eigenvalue weighted by molar-refractivity contribution is 0.459. The molecule has 2 radical (unpaired) electrons. The monoisotopic (exact) mass is 345 g/mol. The number of nitrogens with zero attached hydrogens (tertiary/aromatic N) is 1. The summed E-state index contributed by atoms with van der Waals surface area (Å²) in [6.45, 7) is 6.37.